The first-order chi connectivity index (χ1) is 23.5. The van der Waals surface area contributed by atoms with E-state index in [0.717, 1.165) is 0 Å². The third kappa shape index (κ3) is 3.69. The summed E-state index contributed by atoms with van der Waals surface area (Å²) in [4.78, 5) is 0. The maximum atomic E-state index is 2.61. The van der Waals surface area contributed by atoms with Crippen molar-refractivity contribution >= 4 is 78.5 Å². The van der Waals surface area contributed by atoms with E-state index >= 15 is 0 Å². The zero-order valence-corrected chi connectivity index (χ0v) is 28.0. The smallest absolute Gasteiger partial charge is 0.0705 e. The van der Waals surface area contributed by atoms with Crippen molar-refractivity contribution in [2.45, 2.75) is 39.5 Å². The lowest BCUT2D eigenvalue weighted by Gasteiger charge is -2.25. The second kappa shape index (κ2) is 10.2. The van der Waals surface area contributed by atoms with E-state index in [0.29, 0.717) is 11.8 Å². The van der Waals surface area contributed by atoms with Gasteiger partial charge in [0, 0.05) is 0 Å². The molecule has 0 unspecified atom stereocenters. The molecule has 226 valence electrons. The number of hydrogen-bond donors (Lipinski definition) is 0. The molecule has 0 nitrogen and oxygen atoms in total. The minimum absolute atomic E-state index is 0.168. The summed E-state index contributed by atoms with van der Waals surface area (Å²) in [5, 5.41) is 8.47. The third-order valence-corrected chi connectivity index (χ3v) is 11.6. The van der Waals surface area contributed by atoms with Crippen LogP contribution in [0.3, 0.4) is 0 Å². The lowest BCUT2D eigenvalue weighted by molar-refractivity contribution is 0.847. The highest BCUT2D eigenvalue weighted by atomic mass is 14.3. The van der Waals surface area contributed by atoms with Crippen LogP contribution < -0.4 is 32.8 Å². The van der Waals surface area contributed by atoms with Crippen LogP contribution in [0, 0.1) is 0 Å². The fourth-order valence-corrected chi connectivity index (χ4v) is 9.52. The van der Waals surface area contributed by atoms with Gasteiger partial charge >= 0.3 is 0 Å². The van der Waals surface area contributed by atoms with Gasteiger partial charge in [0.05, 0.1) is 0 Å². The van der Waals surface area contributed by atoms with Gasteiger partial charge in [0.2, 0.25) is 13.4 Å². The molecule has 0 saturated heterocycles. The van der Waals surface area contributed by atoms with Crippen LogP contribution in [0.1, 0.15) is 50.7 Å². The average Bonchev–Trinajstić information content (AvgIpc) is 3.63. The highest BCUT2D eigenvalue weighted by molar-refractivity contribution is 7.03. The standard InChI is InChI=1S/C46H36B2/c1-27(2)37-25-38(28(3)4)34-22-24-36-44(48-41-19-11-7-15-31(41)32-16-8-12-20-42(32)48)26-43(35-23-21-33(37)45(34)46(35)36)47-39-17-9-5-13-29(39)30-14-6-10-18-40(30)47/h5-28H,1-4H3. The summed E-state index contributed by atoms with van der Waals surface area (Å²) in [5.74, 6) is 0.876. The Labute approximate surface area is 284 Å². The van der Waals surface area contributed by atoms with Crippen LogP contribution in [0.25, 0.3) is 54.6 Å². The molecule has 0 aliphatic carbocycles. The Hall–Kier alpha value is -5.07. The molecule has 8 aromatic carbocycles. The summed E-state index contributed by atoms with van der Waals surface area (Å²) in [7, 11) is 0. The van der Waals surface area contributed by atoms with Crippen LogP contribution in [0.5, 0.6) is 0 Å². The van der Waals surface area contributed by atoms with Gasteiger partial charge < -0.3 is 0 Å². The number of hydrogen-bond acceptors (Lipinski definition) is 0. The predicted molar refractivity (Wildman–Crippen MR) is 211 cm³/mol. The molecule has 0 amide bonds. The van der Waals surface area contributed by atoms with Gasteiger partial charge in [-0.1, -0.05) is 194 Å². The Kier molecular flexibility index (Phi) is 5.96. The van der Waals surface area contributed by atoms with Crippen molar-refractivity contribution in [1.82, 2.24) is 0 Å². The van der Waals surface area contributed by atoms with E-state index in [1.807, 2.05) is 0 Å². The van der Waals surface area contributed by atoms with Crippen LogP contribution >= 0.6 is 0 Å². The van der Waals surface area contributed by atoms with Crippen LogP contribution in [-0.2, 0) is 0 Å². The highest BCUT2D eigenvalue weighted by Crippen LogP contribution is 2.41. The Balaban J connectivity index is 1.40. The topological polar surface area (TPSA) is 0 Å². The van der Waals surface area contributed by atoms with Gasteiger partial charge in [0.15, 0.2) is 0 Å². The molecule has 2 aliphatic heterocycles. The number of benzene rings is 8. The maximum Gasteiger partial charge on any atom is 0.243 e. The summed E-state index contributed by atoms with van der Waals surface area (Å²) >= 11 is 0. The molecule has 0 spiro atoms. The molecule has 0 N–H and O–H groups in total. The van der Waals surface area contributed by atoms with Crippen molar-refractivity contribution in [2.24, 2.45) is 0 Å². The van der Waals surface area contributed by atoms with Gasteiger partial charge in [-0.25, -0.2) is 0 Å². The minimum atomic E-state index is 0.168. The Morgan fingerprint density at radius 1 is 0.333 bits per heavy atom. The summed E-state index contributed by atoms with van der Waals surface area (Å²) in [6, 6.07) is 51.3. The molecule has 0 bridgehead atoms. The molecule has 2 aliphatic rings. The largest absolute Gasteiger partial charge is 0.243 e. The van der Waals surface area contributed by atoms with Crippen molar-refractivity contribution in [3.8, 4) is 22.3 Å². The zero-order chi connectivity index (χ0) is 32.3. The molecule has 0 fully saturated rings. The molecular weight excluding hydrogens is 574 g/mol. The fourth-order valence-electron chi connectivity index (χ4n) is 9.52. The number of rotatable bonds is 4. The zero-order valence-electron chi connectivity index (χ0n) is 28.0. The molecule has 2 heterocycles. The summed E-state index contributed by atoms with van der Waals surface area (Å²) in [6.45, 7) is 9.75. The average molecular weight is 610 g/mol. The van der Waals surface area contributed by atoms with Crippen LogP contribution in [0.15, 0.2) is 133 Å². The number of fused-ring (bicyclic) bond motifs is 6. The first-order valence-electron chi connectivity index (χ1n) is 17.7. The van der Waals surface area contributed by atoms with Gasteiger partial charge in [0.25, 0.3) is 0 Å². The maximum absolute atomic E-state index is 2.61. The van der Waals surface area contributed by atoms with Crippen molar-refractivity contribution in [3.63, 3.8) is 0 Å². The van der Waals surface area contributed by atoms with E-state index in [1.165, 1.54) is 98.5 Å². The molecule has 10 rings (SSSR count). The van der Waals surface area contributed by atoms with Gasteiger partial charge in [-0.3, -0.25) is 0 Å². The molecule has 48 heavy (non-hydrogen) atoms. The SMILES string of the molecule is CC(C)c1cc(C(C)C)c2ccc3c(B4c5ccccc5-c5ccccc54)cc(B4c5ccccc5-c5ccccc54)c4ccc1c2c43. The molecule has 0 radical (unpaired) electrons. The van der Waals surface area contributed by atoms with Gasteiger partial charge in [-0.2, -0.15) is 0 Å². The van der Waals surface area contributed by atoms with Gasteiger partial charge in [-0.05, 0) is 77.5 Å². The molecule has 8 aromatic rings. The summed E-state index contributed by atoms with van der Waals surface area (Å²) < 4.78 is 0. The summed E-state index contributed by atoms with van der Waals surface area (Å²) in [5.41, 5.74) is 16.9. The second-order valence-corrected chi connectivity index (χ2v) is 14.7. The first kappa shape index (κ1) is 28.0. The predicted octanol–water partition coefficient (Wildman–Crippen LogP) is 7.82. The normalized spacial score (nSPS) is 13.3. The van der Waals surface area contributed by atoms with E-state index in [1.54, 1.807) is 0 Å². The summed E-state index contributed by atoms with van der Waals surface area (Å²) in [6.07, 6.45) is 0. The second-order valence-electron chi connectivity index (χ2n) is 14.7. The van der Waals surface area contributed by atoms with Crippen molar-refractivity contribution in [2.75, 3.05) is 0 Å². The molecular formula is C46H36B2. The monoisotopic (exact) mass is 610 g/mol. The van der Waals surface area contributed by atoms with E-state index in [-0.39, 0.29) is 13.4 Å². The first-order valence-corrected chi connectivity index (χ1v) is 17.7. The lowest BCUT2D eigenvalue weighted by Crippen LogP contribution is -2.54. The Morgan fingerprint density at radius 3 is 1.00 bits per heavy atom. The highest BCUT2D eigenvalue weighted by Gasteiger charge is 2.38. The van der Waals surface area contributed by atoms with E-state index in [4.69, 9.17) is 0 Å². The Morgan fingerprint density at radius 2 is 0.646 bits per heavy atom. The van der Waals surface area contributed by atoms with Gasteiger partial charge in [0.1, 0.15) is 0 Å². The van der Waals surface area contributed by atoms with Gasteiger partial charge in [-0.15, -0.1) is 0 Å². The third-order valence-electron chi connectivity index (χ3n) is 11.6. The molecule has 2 heteroatoms. The fraction of sp³-hybridized carbons (Fsp3) is 0.130. The van der Waals surface area contributed by atoms with Crippen molar-refractivity contribution in [3.05, 3.63) is 145 Å². The van der Waals surface area contributed by atoms with E-state index < -0.39 is 0 Å². The van der Waals surface area contributed by atoms with Crippen LogP contribution in [-0.4, -0.2) is 13.4 Å². The Bertz CT molecular complexity index is 2330. The van der Waals surface area contributed by atoms with Crippen molar-refractivity contribution < 1.29 is 0 Å². The molecule has 0 saturated carbocycles. The lowest BCUT2D eigenvalue weighted by atomic mass is 9.34. The van der Waals surface area contributed by atoms with Crippen molar-refractivity contribution in [1.29, 1.82) is 0 Å². The molecule has 0 atom stereocenters. The van der Waals surface area contributed by atoms with E-state index in [9.17, 15) is 0 Å². The quantitative estimate of drug-likeness (QED) is 0.141. The van der Waals surface area contributed by atoms with Crippen LogP contribution in [0.2, 0.25) is 0 Å². The van der Waals surface area contributed by atoms with Crippen LogP contribution in [0.4, 0.5) is 0 Å². The minimum Gasteiger partial charge on any atom is -0.0705 e. The molecule has 0 aromatic heterocycles. The van der Waals surface area contributed by atoms with E-state index in [2.05, 4.69) is 161 Å².